The monoisotopic (exact) mass is 499 g/mol. The van der Waals surface area contributed by atoms with Gasteiger partial charge in [-0.1, -0.05) is 12.0 Å². The molecule has 1 aromatic carbocycles. The molecule has 3 aromatic heterocycles. The molecule has 2 aliphatic rings. The summed E-state index contributed by atoms with van der Waals surface area (Å²) in [6.45, 7) is 1.37. The number of hydrogen-bond donors (Lipinski definition) is 0. The van der Waals surface area contributed by atoms with E-state index in [-0.39, 0.29) is 19.2 Å². The predicted molar refractivity (Wildman–Crippen MR) is 137 cm³/mol. The number of aromatic nitrogens is 4. The molecule has 8 heteroatoms. The summed E-state index contributed by atoms with van der Waals surface area (Å²) >= 11 is 0. The Kier molecular flexibility index (Phi) is 6.41. The van der Waals surface area contributed by atoms with Gasteiger partial charge in [0.05, 0.1) is 12.1 Å². The second-order valence-corrected chi connectivity index (χ2v) is 9.73. The summed E-state index contributed by atoms with van der Waals surface area (Å²) in [5.41, 5.74) is 5.35. The van der Waals surface area contributed by atoms with Crippen LogP contribution in [0.2, 0.25) is 0 Å². The van der Waals surface area contributed by atoms with E-state index in [0.717, 1.165) is 59.0 Å². The van der Waals surface area contributed by atoms with Gasteiger partial charge in [-0.3, -0.25) is 14.9 Å². The molecule has 1 unspecified atom stereocenters. The Morgan fingerprint density at radius 1 is 1.00 bits per heavy atom. The Bertz CT molecular complexity index is 1470. The number of benzene rings is 1. The lowest BCUT2D eigenvalue weighted by molar-refractivity contribution is -0.0367. The summed E-state index contributed by atoms with van der Waals surface area (Å²) in [5, 5.41) is 5.81. The maximum absolute atomic E-state index is 13.6. The second kappa shape index (κ2) is 10.0. The molecule has 0 aliphatic carbocycles. The van der Waals surface area contributed by atoms with Crippen molar-refractivity contribution in [2.24, 2.45) is 0 Å². The van der Waals surface area contributed by atoms with E-state index in [1.54, 1.807) is 29.7 Å². The largest absolute Gasteiger partial charge is 0.356 e. The molecule has 0 saturated carbocycles. The maximum atomic E-state index is 13.6. The molecule has 37 heavy (non-hydrogen) atoms. The Morgan fingerprint density at radius 3 is 2.68 bits per heavy atom. The standard InChI is InChI=1S/C29H27F2N5O/c30-29(31)10-13-35(20-29)19-22-15-24(18-33-17-22)23-5-7-27-25(16-23)26(6-4-21-8-11-32-12-9-21)34-36(27)28-3-1-2-14-37-28/h5,7-9,11-12,15-18,28H,1-3,10,13-14,19-20H2. The van der Waals surface area contributed by atoms with Gasteiger partial charge < -0.3 is 4.74 Å². The van der Waals surface area contributed by atoms with Crippen LogP contribution in [0.3, 0.4) is 0 Å². The molecule has 2 aliphatic heterocycles. The summed E-state index contributed by atoms with van der Waals surface area (Å²) in [5.74, 6) is 3.84. The van der Waals surface area contributed by atoms with Crippen molar-refractivity contribution < 1.29 is 13.5 Å². The van der Waals surface area contributed by atoms with E-state index >= 15 is 0 Å². The zero-order valence-electron chi connectivity index (χ0n) is 20.4. The molecule has 0 amide bonds. The summed E-state index contributed by atoms with van der Waals surface area (Å²) in [6.07, 6.45) is 9.88. The highest BCUT2D eigenvalue weighted by Gasteiger charge is 2.37. The van der Waals surface area contributed by atoms with Crippen molar-refractivity contribution >= 4 is 10.9 Å². The SMILES string of the molecule is FC1(F)CCN(Cc2cncc(-c3ccc4c(c3)c(C#Cc3ccncc3)nn4C3CCCCO3)c2)C1. The van der Waals surface area contributed by atoms with Gasteiger partial charge in [-0.2, -0.15) is 5.10 Å². The molecule has 0 spiro atoms. The van der Waals surface area contributed by atoms with Crippen molar-refractivity contribution in [2.45, 2.75) is 44.4 Å². The summed E-state index contributed by atoms with van der Waals surface area (Å²) in [4.78, 5) is 10.2. The molecule has 5 heterocycles. The van der Waals surface area contributed by atoms with Gasteiger partial charge in [0.1, 0.15) is 5.69 Å². The third-order valence-electron chi connectivity index (χ3n) is 6.92. The molecule has 0 radical (unpaired) electrons. The van der Waals surface area contributed by atoms with Gasteiger partial charge in [0.2, 0.25) is 0 Å². The number of rotatable bonds is 4. The van der Waals surface area contributed by atoms with Crippen LogP contribution in [0.25, 0.3) is 22.0 Å². The first kappa shape index (κ1) is 23.7. The van der Waals surface area contributed by atoms with Crippen molar-refractivity contribution in [3.63, 3.8) is 0 Å². The van der Waals surface area contributed by atoms with E-state index < -0.39 is 5.92 Å². The van der Waals surface area contributed by atoms with E-state index in [9.17, 15) is 8.78 Å². The Balaban J connectivity index is 1.36. The second-order valence-electron chi connectivity index (χ2n) is 9.73. The lowest BCUT2D eigenvalue weighted by atomic mass is 10.0. The number of hydrogen-bond acceptors (Lipinski definition) is 5. The van der Waals surface area contributed by atoms with E-state index in [4.69, 9.17) is 9.84 Å². The number of halogens is 2. The summed E-state index contributed by atoms with van der Waals surface area (Å²) in [6, 6.07) is 12.0. The molecule has 0 bridgehead atoms. The van der Waals surface area contributed by atoms with E-state index in [1.165, 1.54) is 0 Å². The van der Waals surface area contributed by atoms with Crippen LogP contribution in [0.4, 0.5) is 8.78 Å². The summed E-state index contributed by atoms with van der Waals surface area (Å²) < 4.78 is 35.3. The third kappa shape index (κ3) is 5.24. The Hall–Kier alpha value is -3.67. The topological polar surface area (TPSA) is 56.1 Å². The molecule has 2 saturated heterocycles. The van der Waals surface area contributed by atoms with Crippen molar-refractivity contribution in [3.8, 4) is 23.0 Å². The van der Waals surface area contributed by atoms with Gasteiger partial charge in [0.25, 0.3) is 5.92 Å². The number of ether oxygens (including phenoxy) is 1. The van der Waals surface area contributed by atoms with Gasteiger partial charge >= 0.3 is 0 Å². The molecule has 4 aromatic rings. The number of alkyl halides is 2. The van der Waals surface area contributed by atoms with Crippen molar-refractivity contribution in [1.82, 2.24) is 24.6 Å². The van der Waals surface area contributed by atoms with Gasteiger partial charge in [0, 0.05) is 67.4 Å². The fraction of sp³-hybridized carbons (Fsp3) is 0.345. The van der Waals surface area contributed by atoms with Crippen LogP contribution in [-0.4, -0.2) is 50.3 Å². The van der Waals surface area contributed by atoms with Crippen LogP contribution < -0.4 is 0 Å². The zero-order valence-corrected chi connectivity index (χ0v) is 20.4. The van der Waals surface area contributed by atoms with Crippen LogP contribution in [0, 0.1) is 11.8 Å². The first-order chi connectivity index (χ1) is 18.0. The zero-order chi connectivity index (χ0) is 25.2. The minimum atomic E-state index is -2.61. The first-order valence-corrected chi connectivity index (χ1v) is 12.6. The fourth-order valence-corrected chi connectivity index (χ4v) is 5.05. The van der Waals surface area contributed by atoms with Gasteiger partial charge in [-0.05, 0) is 66.6 Å². The molecular weight excluding hydrogens is 472 g/mol. The first-order valence-electron chi connectivity index (χ1n) is 12.6. The van der Waals surface area contributed by atoms with Crippen LogP contribution in [0.1, 0.15) is 48.7 Å². The number of fused-ring (bicyclic) bond motifs is 1. The van der Waals surface area contributed by atoms with Crippen molar-refractivity contribution in [2.75, 3.05) is 19.7 Å². The average molecular weight is 500 g/mol. The summed E-state index contributed by atoms with van der Waals surface area (Å²) in [7, 11) is 0. The Morgan fingerprint density at radius 2 is 1.89 bits per heavy atom. The minimum absolute atomic E-state index is 0.0885. The molecule has 6 rings (SSSR count). The molecule has 2 fully saturated rings. The van der Waals surface area contributed by atoms with Crippen LogP contribution in [-0.2, 0) is 11.3 Å². The van der Waals surface area contributed by atoms with Crippen LogP contribution >= 0.6 is 0 Å². The smallest absolute Gasteiger partial charge is 0.261 e. The van der Waals surface area contributed by atoms with Crippen LogP contribution in [0.15, 0.2) is 61.2 Å². The highest BCUT2D eigenvalue weighted by Crippen LogP contribution is 2.32. The number of nitrogens with zero attached hydrogens (tertiary/aromatic N) is 5. The maximum Gasteiger partial charge on any atom is 0.261 e. The van der Waals surface area contributed by atoms with Crippen LogP contribution in [0.5, 0.6) is 0 Å². The minimum Gasteiger partial charge on any atom is -0.356 e. The number of pyridine rings is 2. The van der Waals surface area contributed by atoms with Crippen molar-refractivity contribution in [3.05, 3.63) is 78.0 Å². The van der Waals surface area contributed by atoms with Gasteiger partial charge in [-0.25, -0.2) is 13.5 Å². The molecule has 0 N–H and O–H groups in total. The van der Waals surface area contributed by atoms with Gasteiger partial charge in [0.15, 0.2) is 6.23 Å². The van der Waals surface area contributed by atoms with E-state index in [1.807, 2.05) is 28.9 Å². The quantitative estimate of drug-likeness (QED) is 0.351. The lowest BCUT2D eigenvalue weighted by Gasteiger charge is -2.23. The third-order valence-corrected chi connectivity index (χ3v) is 6.92. The molecular formula is C29H27F2N5O. The lowest BCUT2D eigenvalue weighted by Crippen LogP contribution is -2.24. The Labute approximate surface area is 214 Å². The molecule has 188 valence electrons. The van der Waals surface area contributed by atoms with Crippen molar-refractivity contribution in [1.29, 1.82) is 0 Å². The van der Waals surface area contributed by atoms with E-state index in [2.05, 4.69) is 33.9 Å². The normalized spacial score (nSPS) is 19.6. The fourth-order valence-electron chi connectivity index (χ4n) is 5.05. The average Bonchev–Trinajstić information content (AvgIpc) is 3.47. The predicted octanol–water partition coefficient (Wildman–Crippen LogP) is 5.43. The van der Waals surface area contributed by atoms with E-state index in [0.29, 0.717) is 18.8 Å². The van der Waals surface area contributed by atoms with Gasteiger partial charge in [-0.15, -0.1) is 0 Å². The molecule has 6 nitrogen and oxygen atoms in total. The highest BCUT2D eigenvalue weighted by atomic mass is 19.3. The molecule has 1 atom stereocenters. The number of likely N-dealkylation sites (tertiary alicyclic amines) is 1. The highest BCUT2D eigenvalue weighted by molar-refractivity contribution is 5.89.